The number of fused-ring (bicyclic) bond motifs is 3. The Morgan fingerprint density at radius 3 is 2.66 bits per heavy atom. The molecule has 1 aromatic heterocycles. The molecule has 4 amide bonds. The molecule has 4 N–H and O–H groups in total. The molecular weight excluding hydrogens is 801 g/mol. The average Bonchev–Trinajstić information content (AvgIpc) is 4.13. The number of aromatic amines is 1. The van der Waals surface area contributed by atoms with Gasteiger partial charge in [-0.1, -0.05) is 49.6 Å². The third kappa shape index (κ3) is 8.87. The topological polar surface area (TPSA) is 206 Å². The summed E-state index contributed by atoms with van der Waals surface area (Å²) < 4.78 is 39.3. The van der Waals surface area contributed by atoms with E-state index in [1.807, 2.05) is 24.3 Å². The van der Waals surface area contributed by atoms with Gasteiger partial charge in [0, 0.05) is 23.9 Å². The van der Waals surface area contributed by atoms with Crippen molar-refractivity contribution in [2.45, 2.75) is 132 Å². The number of amides is 4. The SMILES string of the molecule is C=C[C@@H]1C[C@H]2C(=O)N[C@]3(C(=O)NS(=O)(=O)C4CC4)C=C[C@H]3/C=C\CCCCC[C@H](NC(=O)O[C@@H]3CCCC34CC4CCCCc3nc4ccc(OC)cc4[nH]c3=O)C(=O)N2C1. The predicted molar refractivity (Wildman–Crippen MR) is 228 cm³/mol. The molecule has 0 radical (unpaired) electrons. The van der Waals surface area contributed by atoms with Gasteiger partial charge in [-0.15, -0.1) is 6.58 Å². The normalized spacial score (nSPS) is 31.8. The summed E-state index contributed by atoms with van der Waals surface area (Å²) in [4.78, 5) is 77.9. The van der Waals surface area contributed by atoms with Gasteiger partial charge in [0.2, 0.25) is 21.8 Å². The van der Waals surface area contributed by atoms with Crippen molar-refractivity contribution in [1.82, 2.24) is 30.2 Å². The van der Waals surface area contributed by atoms with E-state index in [4.69, 9.17) is 9.47 Å². The highest BCUT2D eigenvalue weighted by atomic mass is 32.2. The second kappa shape index (κ2) is 17.4. The molecular formula is C45H58N6O9S. The molecule has 328 valence electrons. The monoisotopic (exact) mass is 858 g/mol. The predicted octanol–water partition coefficient (Wildman–Crippen LogP) is 4.87. The molecule has 8 atom stereocenters. The summed E-state index contributed by atoms with van der Waals surface area (Å²) in [6.45, 7) is 4.12. The van der Waals surface area contributed by atoms with E-state index in [0.717, 1.165) is 57.8 Å². The number of nitrogens with one attached hydrogen (secondary N) is 4. The van der Waals surface area contributed by atoms with Crippen LogP contribution in [0.5, 0.6) is 5.75 Å². The molecule has 4 fully saturated rings. The number of unbranched alkanes of at least 4 members (excludes halogenated alkanes) is 1. The minimum absolute atomic E-state index is 0.0856. The number of rotatable bonds is 12. The lowest BCUT2D eigenvalue weighted by Gasteiger charge is -2.42. The third-order valence-electron chi connectivity index (χ3n) is 14.0. The van der Waals surface area contributed by atoms with Gasteiger partial charge >= 0.3 is 6.09 Å². The Labute approximate surface area is 356 Å². The zero-order valence-electron chi connectivity index (χ0n) is 34.9. The summed E-state index contributed by atoms with van der Waals surface area (Å²) in [5, 5.41) is 5.14. The van der Waals surface area contributed by atoms with Crippen LogP contribution in [-0.4, -0.2) is 89.7 Å². The second-order valence-electron chi connectivity index (χ2n) is 18.0. The highest BCUT2D eigenvalue weighted by Gasteiger charge is 2.62. The lowest BCUT2D eigenvalue weighted by molar-refractivity contribution is -0.142. The minimum Gasteiger partial charge on any atom is -0.497 e. The molecule has 2 aromatic rings. The van der Waals surface area contributed by atoms with Gasteiger partial charge in [-0.2, -0.15) is 0 Å². The number of benzene rings is 1. The van der Waals surface area contributed by atoms with Crippen LogP contribution >= 0.6 is 0 Å². The van der Waals surface area contributed by atoms with Gasteiger partial charge in [0.15, 0.2) is 0 Å². The molecule has 1 spiro atoms. The number of carbonyl (C=O) groups excluding carboxylic acids is 4. The zero-order valence-corrected chi connectivity index (χ0v) is 35.7. The molecule has 61 heavy (non-hydrogen) atoms. The molecule has 3 saturated carbocycles. The number of sulfonamides is 1. The Hall–Kier alpha value is -4.99. The number of alkyl carbamates (subject to hydrolysis) is 1. The van der Waals surface area contributed by atoms with E-state index in [0.29, 0.717) is 66.9 Å². The Morgan fingerprint density at radius 1 is 1.07 bits per heavy atom. The van der Waals surface area contributed by atoms with Crippen LogP contribution in [0.1, 0.15) is 102 Å². The highest BCUT2D eigenvalue weighted by molar-refractivity contribution is 7.91. The number of hydrogen-bond donors (Lipinski definition) is 4. The van der Waals surface area contributed by atoms with Crippen LogP contribution in [0.25, 0.3) is 11.0 Å². The molecule has 6 aliphatic rings. The first-order valence-electron chi connectivity index (χ1n) is 22.1. The Bertz CT molecular complexity index is 2290. The number of aromatic nitrogens is 2. The van der Waals surface area contributed by atoms with Gasteiger partial charge in [0.1, 0.15) is 35.2 Å². The first-order chi connectivity index (χ1) is 29.4. The van der Waals surface area contributed by atoms with E-state index in [1.165, 1.54) is 11.0 Å². The van der Waals surface area contributed by atoms with Gasteiger partial charge in [0.25, 0.3) is 11.5 Å². The number of carbonyl (C=O) groups is 4. The van der Waals surface area contributed by atoms with Crippen LogP contribution in [-0.2, 0) is 35.6 Å². The van der Waals surface area contributed by atoms with Crippen molar-refractivity contribution in [2.75, 3.05) is 13.7 Å². The molecule has 15 nitrogen and oxygen atoms in total. The van der Waals surface area contributed by atoms with Crippen molar-refractivity contribution in [3.8, 4) is 5.75 Å². The van der Waals surface area contributed by atoms with Crippen LogP contribution in [0.2, 0.25) is 0 Å². The summed E-state index contributed by atoms with van der Waals surface area (Å²) >= 11 is 0. The molecule has 1 saturated heterocycles. The number of allylic oxidation sites excluding steroid dienone is 1. The van der Waals surface area contributed by atoms with Gasteiger partial charge in [-0.3, -0.25) is 23.9 Å². The van der Waals surface area contributed by atoms with Crippen molar-refractivity contribution < 1.29 is 37.1 Å². The quantitative estimate of drug-likeness (QED) is 0.168. The summed E-state index contributed by atoms with van der Waals surface area (Å²) in [6.07, 6.45) is 19.2. The van der Waals surface area contributed by atoms with Gasteiger partial charge in [0.05, 0.1) is 23.4 Å². The van der Waals surface area contributed by atoms with E-state index in [-0.39, 0.29) is 36.0 Å². The Morgan fingerprint density at radius 2 is 1.90 bits per heavy atom. The second-order valence-corrected chi connectivity index (χ2v) is 19.9. The van der Waals surface area contributed by atoms with Crippen molar-refractivity contribution in [3.05, 3.63) is 71.2 Å². The molecule has 16 heteroatoms. The van der Waals surface area contributed by atoms with Crippen LogP contribution in [0.15, 0.2) is 60.0 Å². The summed E-state index contributed by atoms with van der Waals surface area (Å²) in [5.74, 6) is -1.54. The maximum absolute atomic E-state index is 14.5. The van der Waals surface area contributed by atoms with E-state index in [9.17, 15) is 32.4 Å². The van der Waals surface area contributed by atoms with Crippen LogP contribution in [0, 0.1) is 23.2 Å². The number of hydrogen-bond acceptors (Lipinski definition) is 10. The zero-order chi connectivity index (χ0) is 42.9. The van der Waals surface area contributed by atoms with Crippen LogP contribution in [0.3, 0.4) is 0 Å². The fourth-order valence-corrected chi connectivity index (χ4v) is 11.5. The van der Waals surface area contributed by atoms with Gasteiger partial charge in [-0.05, 0) is 107 Å². The lowest BCUT2D eigenvalue weighted by atomic mass is 9.73. The van der Waals surface area contributed by atoms with Crippen LogP contribution in [0.4, 0.5) is 4.79 Å². The number of ether oxygens (including phenoxy) is 2. The third-order valence-corrected chi connectivity index (χ3v) is 15.8. The van der Waals surface area contributed by atoms with E-state index < -0.39 is 62.6 Å². The standard InChI is InChI=1S/C45H58N6O9S/c1-3-28-24-37-40(53)49-45(42(55)50-61(57,58)32-18-19-32)23-21-29(45)12-7-5-4-6-8-15-35(41(54)51(37)27-28)48-43(56)60-38-16-11-22-44(38)26-30(44)13-9-10-14-34-39(52)47-36-25-31(59-2)17-20-33(36)46-34/h3,7,12,17,20-21,23,25,28-30,32,35,37-38H,1,4-6,8-11,13-16,18-19,22,24,26-27H2,2H3,(H,47,52)(H,48,56)(H,49,53)(H,50,55)/b12-7-/t28-,29-,30?,35+,37+,38-,44?,45-/m1/s1. The average molecular weight is 859 g/mol. The number of methoxy groups -OCH3 is 1. The summed E-state index contributed by atoms with van der Waals surface area (Å²) in [6, 6.07) is 3.50. The molecule has 2 unspecified atom stereocenters. The minimum atomic E-state index is -3.90. The first kappa shape index (κ1) is 42.7. The van der Waals surface area contributed by atoms with E-state index >= 15 is 0 Å². The van der Waals surface area contributed by atoms with Crippen molar-refractivity contribution >= 4 is 44.9 Å². The fraction of sp³-hybridized carbons (Fsp3) is 0.600. The maximum atomic E-state index is 14.5. The molecule has 1 aromatic carbocycles. The number of aryl methyl sites for hydroxylation is 1. The lowest BCUT2D eigenvalue weighted by Crippen LogP contribution is -2.67. The summed E-state index contributed by atoms with van der Waals surface area (Å²) in [7, 11) is -2.32. The Kier molecular flexibility index (Phi) is 12.2. The molecule has 3 heterocycles. The van der Waals surface area contributed by atoms with Gasteiger partial charge in [-0.25, -0.2) is 18.2 Å². The number of nitrogens with zero attached hydrogens (tertiary/aromatic N) is 2. The first-order valence-corrected chi connectivity index (χ1v) is 23.6. The van der Waals surface area contributed by atoms with Crippen molar-refractivity contribution in [2.24, 2.45) is 23.2 Å². The van der Waals surface area contributed by atoms with Crippen LogP contribution < -0.4 is 25.7 Å². The highest BCUT2D eigenvalue weighted by Crippen LogP contribution is 2.65. The van der Waals surface area contributed by atoms with E-state index in [2.05, 4.69) is 31.9 Å². The largest absolute Gasteiger partial charge is 0.497 e. The van der Waals surface area contributed by atoms with E-state index in [1.54, 1.807) is 25.3 Å². The molecule has 2 aliphatic heterocycles. The smallest absolute Gasteiger partial charge is 0.408 e. The van der Waals surface area contributed by atoms with Crippen molar-refractivity contribution in [1.29, 1.82) is 0 Å². The van der Waals surface area contributed by atoms with Crippen molar-refractivity contribution in [3.63, 3.8) is 0 Å². The maximum Gasteiger partial charge on any atom is 0.408 e. The number of H-pyrrole nitrogens is 1. The van der Waals surface area contributed by atoms with Gasteiger partial charge < -0.3 is 30.0 Å². The summed E-state index contributed by atoms with van der Waals surface area (Å²) in [5.41, 5.74) is -0.0508. The molecule has 0 bridgehead atoms. The molecule has 8 rings (SSSR count). The fourth-order valence-electron chi connectivity index (χ4n) is 10.1. The Balaban J connectivity index is 0.899. The molecule has 4 aliphatic carbocycles.